The van der Waals surface area contributed by atoms with Gasteiger partial charge in [0.05, 0.1) is 6.20 Å². The molecule has 1 aliphatic rings. The maximum Gasteiger partial charge on any atom is 0.180 e. The van der Waals surface area contributed by atoms with Crippen molar-refractivity contribution in [2.45, 2.75) is 19.9 Å². The zero-order valence-electron chi connectivity index (χ0n) is 11.9. The minimum Gasteiger partial charge on any atom is -0.369 e. The molecular weight excluding hydrogens is 282 g/mol. The summed E-state index contributed by atoms with van der Waals surface area (Å²) in [6.07, 6.45) is 6.89. The Bertz CT molecular complexity index is 775. The molecule has 3 aromatic rings. The average molecular weight is 299 g/mol. The number of fused-ring (bicyclic) bond motifs is 2. The normalized spacial score (nSPS) is 14.4. The van der Waals surface area contributed by atoms with E-state index in [9.17, 15) is 0 Å². The highest BCUT2D eigenvalue weighted by Crippen LogP contribution is 2.29. The highest BCUT2D eigenvalue weighted by molar-refractivity contribution is 7.10. The standard InChI is InChI=1S/C15H17N5S/c1-2-16-13-10-20-7-5-17-14(20)15(18-13)19-6-3-12-11(9-19)4-8-21-12/h4-5,7-8,10,16H,2-3,6,9H2,1H3. The Balaban J connectivity index is 1.77. The summed E-state index contributed by atoms with van der Waals surface area (Å²) in [7, 11) is 0. The monoisotopic (exact) mass is 299 g/mol. The van der Waals surface area contributed by atoms with Crippen LogP contribution in [0.3, 0.4) is 0 Å². The lowest BCUT2D eigenvalue weighted by Crippen LogP contribution is -2.30. The fraction of sp³-hybridized carbons (Fsp3) is 0.333. The molecule has 1 N–H and O–H groups in total. The van der Waals surface area contributed by atoms with Crippen molar-refractivity contribution in [2.24, 2.45) is 0 Å². The largest absolute Gasteiger partial charge is 0.369 e. The van der Waals surface area contributed by atoms with E-state index in [1.54, 1.807) is 0 Å². The number of hydrogen-bond acceptors (Lipinski definition) is 5. The lowest BCUT2D eigenvalue weighted by Gasteiger charge is -2.28. The highest BCUT2D eigenvalue weighted by Gasteiger charge is 2.21. The number of nitrogens with one attached hydrogen (secondary N) is 1. The van der Waals surface area contributed by atoms with Crippen molar-refractivity contribution in [3.8, 4) is 0 Å². The summed E-state index contributed by atoms with van der Waals surface area (Å²) in [5, 5.41) is 5.48. The number of aromatic nitrogens is 3. The van der Waals surface area contributed by atoms with Crippen LogP contribution in [0.25, 0.3) is 5.65 Å². The summed E-state index contributed by atoms with van der Waals surface area (Å²) in [5.74, 6) is 1.87. The molecule has 0 atom stereocenters. The molecule has 6 heteroatoms. The van der Waals surface area contributed by atoms with Gasteiger partial charge in [-0.05, 0) is 30.4 Å². The van der Waals surface area contributed by atoms with Gasteiger partial charge in [-0.25, -0.2) is 9.97 Å². The van der Waals surface area contributed by atoms with Crippen LogP contribution in [0.1, 0.15) is 17.4 Å². The van der Waals surface area contributed by atoms with Gasteiger partial charge in [0.15, 0.2) is 11.5 Å². The molecule has 4 heterocycles. The van der Waals surface area contributed by atoms with Gasteiger partial charge in [-0.3, -0.25) is 0 Å². The van der Waals surface area contributed by atoms with Gasteiger partial charge in [-0.2, -0.15) is 0 Å². The van der Waals surface area contributed by atoms with E-state index in [-0.39, 0.29) is 0 Å². The molecule has 0 saturated heterocycles. The first-order valence-corrected chi connectivity index (χ1v) is 8.11. The first-order chi connectivity index (χ1) is 10.3. The number of thiophene rings is 1. The second-order valence-electron chi connectivity index (χ2n) is 5.18. The minimum atomic E-state index is 0.862. The maximum atomic E-state index is 4.78. The Morgan fingerprint density at radius 2 is 2.38 bits per heavy atom. The second kappa shape index (κ2) is 5.04. The van der Waals surface area contributed by atoms with Crippen LogP contribution < -0.4 is 10.2 Å². The third kappa shape index (κ3) is 2.15. The predicted octanol–water partition coefficient (Wildman–Crippen LogP) is 2.79. The molecule has 1 aliphatic heterocycles. The lowest BCUT2D eigenvalue weighted by molar-refractivity contribution is 0.732. The smallest absolute Gasteiger partial charge is 0.180 e. The summed E-state index contributed by atoms with van der Waals surface area (Å²) < 4.78 is 2.05. The predicted molar refractivity (Wildman–Crippen MR) is 86.2 cm³/mol. The van der Waals surface area contributed by atoms with Crippen LogP contribution in [-0.4, -0.2) is 27.5 Å². The van der Waals surface area contributed by atoms with E-state index < -0.39 is 0 Å². The molecule has 5 nitrogen and oxygen atoms in total. The van der Waals surface area contributed by atoms with Crippen molar-refractivity contribution >= 4 is 28.6 Å². The second-order valence-corrected chi connectivity index (χ2v) is 6.18. The van der Waals surface area contributed by atoms with Gasteiger partial charge in [-0.15, -0.1) is 11.3 Å². The zero-order chi connectivity index (χ0) is 14.2. The third-order valence-corrected chi connectivity index (χ3v) is 4.84. The number of nitrogens with zero attached hydrogens (tertiary/aromatic N) is 4. The van der Waals surface area contributed by atoms with E-state index in [4.69, 9.17) is 4.98 Å². The van der Waals surface area contributed by atoms with Gasteiger partial charge >= 0.3 is 0 Å². The van der Waals surface area contributed by atoms with Crippen LogP contribution in [-0.2, 0) is 13.0 Å². The number of imidazole rings is 1. The van der Waals surface area contributed by atoms with E-state index in [1.807, 2.05) is 34.3 Å². The van der Waals surface area contributed by atoms with Crippen LogP contribution in [0, 0.1) is 0 Å². The molecule has 0 spiro atoms. The Labute approximate surface area is 127 Å². The highest BCUT2D eigenvalue weighted by atomic mass is 32.1. The van der Waals surface area contributed by atoms with E-state index in [0.29, 0.717) is 0 Å². The molecule has 0 saturated carbocycles. The SMILES string of the molecule is CCNc1cn2ccnc2c(N2CCc3sccc3C2)n1. The topological polar surface area (TPSA) is 45.5 Å². The minimum absolute atomic E-state index is 0.862. The molecule has 0 bridgehead atoms. The molecule has 0 radical (unpaired) electrons. The molecule has 4 rings (SSSR count). The fourth-order valence-corrected chi connectivity index (χ4v) is 3.71. The molecule has 0 fully saturated rings. The van der Waals surface area contributed by atoms with E-state index in [0.717, 1.165) is 43.3 Å². The van der Waals surface area contributed by atoms with Crippen LogP contribution in [0.15, 0.2) is 30.0 Å². The van der Waals surface area contributed by atoms with Gasteiger partial charge < -0.3 is 14.6 Å². The first-order valence-electron chi connectivity index (χ1n) is 7.23. The van der Waals surface area contributed by atoms with Crippen molar-refractivity contribution in [3.05, 3.63) is 40.5 Å². The van der Waals surface area contributed by atoms with Crippen molar-refractivity contribution in [2.75, 3.05) is 23.3 Å². The van der Waals surface area contributed by atoms with Crippen molar-refractivity contribution in [3.63, 3.8) is 0 Å². The fourth-order valence-electron chi connectivity index (χ4n) is 2.82. The van der Waals surface area contributed by atoms with Crippen LogP contribution in [0.2, 0.25) is 0 Å². The van der Waals surface area contributed by atoms with Crippen molar-refractivity contribution in [1.29, 1.82) is 0 Å². The average Bonchev–Trinajstić information content (AvgIpc) is 3.14. The quantitative estimate of drug-likeness (QED) is 0.808. The zero-order valence-corrected chi connectivity index (χ0v) is 12.7. The van der Waals surface area contributed by atoms with Crippen LogP contribution in [0.4, 0.5) is 11.6 Å². The summed E-state index contributed by atoms with van der Waals surface area (Å²) in [6.45, 7) is 4.86. The van der Waals surface area contributed by atoms with Gasteiger partial charge in [0.25, 0.3) is 0 Å². The summed E-state index contributed by atoms with van der Waals surface area (Å²) in [4.78, 5) is 13.1. The maximum absolute atomic E-state index is 4.78. The third-order valence-electron chi connectivity index (χ3n) is 3.82. The van der Waals surface area contributed by atoms with Crippen LogP contribution in [0.5, 0.6) is 0 Å². The molecule has 0 aliphatic carbocycles. The lowest BCUT2D eigenvalue weighted by atomic mass is 10.1. The molecule has 21 heavy (non-hydrogen) atoms. The van der Waals surface area contributed by atoms with E-state index >= 15 is 0 Å². The summed E-state index contributed by atoms with van der Waals surface area (Å²) in [6, 6.07) is 2.23. The molecule has 3 aromatic heterocycles. The molecule has 108 valence electrons. The Kier molecular flexibility index (Phi) is 3.03. The Morgan fingerprint density at radius 1 is 1.43 bits per heavy atom. The Morgan fingerprint density at radius 3 is 3.29 bits per heavy atom. The van der Waals surface area contributed by atoms with Gasteiger partial charge in [0.1, 0.15) is 5.82 Å². The number of rotatable bonds is 3. The molecule has 0 aromatic carbocycles. The van der Waals surface area contributed by atoms with Crippen LogP contribution >= 0.6 is 11.3 Å². The number of anilines is 2. The van der Waals surface area contributed by atoms with Gasteiger partial charge in [-0.1, -0.05) is 0 Å². The van der Waals surface area contributed by atoms with Gasteiger partial charge in [0.2, 0.25) is 0 Å². The molecular formula is C15H17N5S. The summed E-state index contributed by atoms with van der Waals surface area (Å²) >= 11 is 1.86. The van der Waals surface area contributed by atoms with E-state index in [1.165, 1.54) is 10.4 Å². The number of hydrogen-bond donors (Lipinski definition) is 1. The summed E-state index contributed by atoms with van der Waals surface area (Å²) in [5.41, 5.74) is 2.35. The van der Waals surface area contributed by atoms with E-state index in [2.05, 4.69) is 33.6 Å². The van der Waals surface area contributed by atoms with Gasteiger partial charge in [0, 0.05) is 36.9 Å². The van der Waals surface area contributed by atoms with Crippen molar-refractivity contribution < 1.29 is 0 Å². The van der Waals surface area contributed by atoms with Crippen molar-refractivity contribution in [1.82, 2.24) is 14.4 Å². The molecule has 0 amide bonds. The Hall–Kier alpha value is -2.08. The first kappa shape index (κ1) is 12.6. The molecule has 0 unspecified atom stereocenters.